The van der Waals surface area contributed by atoms with Gasteiger partial charge in [-0.15, -0.1) is 0 Å². The van der Waals surface area contributed by atoms with Crippen LogP contribution in [0.25, 0.3) is 0 Å². The summed E-state index contributed by atoms with van der Waals surface area (Å²) in [4.78, 5) is 28.2. The predicted octanol–water partition coefficient (Wildman–Crippen LogP) is 3.54. The average molecular weight is 820 g/mol. The maximum Gasteiger partial charge on any atom is 0.331 e. The number of benzene rings is 1. The number of ether oxygens (including phenoxy) is 1. The van der Waals surface area contributed by atoms with Gasteiger partial charge in [0.25, 0.3) is 0 Å². The fourth-order valence-electron chi connectivity index (χ4n) is 17.8. The molecule has 6 saturated carbocycles. The highest BCUT2D eigenvalue weighted by molar-refractivity contribution is 5.87. The number of likely N-dealkylation sites (N-methyl/N-ethyl adjacent to an activating group) is 1. The Kier molecular flexibility index (Phi) is 8.73. The molecule has 10 aliphatic carbocycles. The van der Waals surface area contributed by atoms with Crippen LogP contribution in [0.15, 0.2) is 54.2 Å². The molecule has 4 bridgehead atoms. The number of aliphatic hydroxyl groups is 6. The van der Waals surface area contributed by atoms with Gasteiger partial charge in [-0.1, -0.05) is 55.2 Å². The average Bonchev–Trinajstić information content (AvgIpc) is 3.68. The lowest BCUT2D eigenvalue weighted by molar-refractivity contribution is -0.365. The van der Waals surface area contributed by atoms with E-state index in [1.54, 1.807) is 6.08 Å². The van der Waals surface area contributed by atoms with Gasteiger partial charge in [0.1, 0.15) is 18.0 Å². The molecule has 10 heteroatoms. The Labute approximate surface area is 352 Å². The molecule has 11 aliphatic rings. The molecule has 60 heavy (non-hydrogen) atoms. The molecule has 10 nitrogen and oxygen atoms in total. The van der Waals surface area contributed by atoms with Crippen LogP contribution in [-0.4, -0.2) is 91.6 Å². The molecule has 0 unspecified atom stereocenters. The van der Waals surface area contributed by atoms with Crippen molar-refractivity contribution < 1.29 is 45.0 Å². The van der Waals surface area contributed by atoms with E-state index in [0.29, 0.717) is 56.4 Å². The highest BCUT2D eigenvalue weighted by Gasteiger charge is 2.88. The Morgan fingerprint density at radius 3 is 2.57 bits per heavy atom. The lowest BCUT2D eigenvalue weighted by Crippen LogP contribution is -2.84. The van der Waals surface area contributed by atoms with E-state index in [1.165, 1.54) is 0 Å². The first-order chi connectivity index (χ1) is 28.8. The number of esters is 1. The quantitative estimate of drug-likeness (QED) is 0.103. The van der Waals surface area contributed by atoms with Gasteiger partial charge >= 0.3 is 5.97 Å². The second kappa shape index (κ2) is 13.2. The minimum atomic E-state index is -1.89. The van der Waals surface area contributed by atoms with Crippen molar-refractivity contribution in [2.24, 2.45) is 75.4 Å². The number of fused-ring (bicyclic) bond motifs is 5. The number of aliphatic hydroxyl groups excluding tert-OH is 3. The zero-order valence-corrected chi connectivity index (χ0v) is 34.8. The smallest absolute Gasteiger partial charge is 0.331 e. The van der Waals surface area contributed by atoms with Crippen molar-refractivity contribution in [3.8, 4) is 11.8 Å². The van der Waals surface area contributed by atoms with Crippen LogP contribution in [0.4, 0.5) is 0 Å². The molecule has 0 aromatic heterocycles. The number of carbonyl (C=O) groups excluding carboxylic acids is 2. The van der Waals surface area contributed by atoms with Gasteiger partial charge in [0, 0.05) is 52.7 Å². The molecule has 1 spiro atoms. The molecule has 1 aliphatic heterocycles. The molecule has 19 atom stereocenters. The van der Waals surface area contributed by atoms with Crippen molar-refractivity contribution >= 4 is 12.3 Å². The summed E-state index contributed by atoms with van der Waals surface area (Å²) < 4.78 is 6.29. The van der Waals surface area contributed by atoms with E-state index < -0.39 is 80.8 Å². The Balaban J connectivity index is 1.15. The van der Waals surface area contributed by atoms with Crippen LogP contribution in [0.5, 0.6) is 0 Å². The molecule has 1 aromatic rings. The zero-order chi connectivity index (χ0) is 41.8. The van der Waals surface area contributed by atoms with E-state index in [-0.39, 0.29) is 62.2 Å². The molecule has 0 radical (unpaired) electrons. The minimum absolute atomic E-state index is 0.0552. The van der Waals surface area contributed by atoms with Gasteiger partial charge in [0.15, 0.2) is 0 Å². The molecule has 1 aromatic carbocycles. The summed E-state index contributed by atoms with van der Waals surface area (Å²) in [6.45, 7) is 1.72. The van der Waals surface area contributed by atoms with Gasteiger partial charge in [0.05, 0.1) is 35.9 Å². The first kappa shape index (κ1) is 39.7. The van der Waals surface area contributed by atoms with Gasteiger partial charge in [-0.2, -0.15) is 0 Å². The van der Waals surface area contributed by atoms with Gasteiger partial charge in [-0.25, -0.2) is 4.79 Å². The van der Waals surface area contributed by atoms with Gasteiger partial charge in [-0.05, 0) is 135 Å². The van der Waals surface area contributed by atoms with Crippen LogP contribution in [0, 0.1) is 87.3 Å². The van der Waals surface area contributed by atoms with E-state index in [4.69, 9.17) is 4.74 Å². The van der Waals surface area contributed by atoms with E-state index in [2.05, 4.69) is 42.3 Å². The fourth-order valence-corrected chi connectivity index (χ4v) is 17.8. The zero-order valence-electron chi connectivity index (χ0n) is 34.8. The van der Waals surface area contributed by atoms with Crippen molar-refractivity contribution in [2.45, 2.75) is 119 Å². The van der Waals surface area contributed by atoms with Gasteiger partial charge in [0.2, 0.25) is 0 Å². The topological polar surface area (TPSA) is 177 Å². The molecule has 1 heterocycles. The first-order valence-corrected chi connectivity index (χ1v) is 22.9. The van der Waals surface area contributed by atoms with E-state index in [9.17, 15) is 40.2 Å². The number of allylic oxidation sites excluding steroid dienone is 4. The maximum atomic E-state index is 14.5. The number of nitrogens with one attached hydrogen (secondary N) is 1. The maximum absolute atomic E-state index is 14.5. The highest BCUT2D eigenvalue weighted by atomic mass is 16.5. The summed E-state index contributed by atoms with van der Waals surface area (Å²) >= 11 is 0. The van der Waals surface area contributed by atoms with Crippen LogP contribution in [0.2, 0.25) is 0 Å². The summed E-state index contributed by atoms with van der Waals surface area (Å²) in [7, 11) is 1.89. The van der Waals surface area contributed by atoms with Crippen LogP contribution in [0.1, 0.15) is 87.8 Å². The van der Waals surface area contributed by atoms with E-state index in [0.717, 1.165) is 29.4 Å². The Hall–Kier alpha value is -3.14. The lowest BCUT2D eigenvalue weighted by Gasteiger charge is -2.76. The van der Waals surface area contributed by atoms with Crippen molar-refractivity contribution in [1.29, 1.82) is 0 Å². The molecule has 6 fully saturated rings. The molecular weight excluding hydrogens is 759 g/mol. The monoisotopic (exact) mass is 819 g/mol. The summed E-state index contributed by atoms with van der Waals surface area (Å²) in [5.74, 6) is 3.28. The van der Waals surface area contributed by atoms with Crippen LogP contribution < -0.4 is 5.32 Å². The highest BCUT2D eigenvalue weighted by Crippen LogP contribution is 2.83. The molecule has 0 saturated heterocycles. The van der Waals surface area contributed by atoms with E-state index in [1.807, 2.05) is 31.3 Å². The normalized spacial score (nSPS) is 52.6. The van der Waals surface area contributed by atoms with Crippen molar-refractivity contribution in [2.75, 3.05) is 13.7 Å². The summed E-state index contributed by atoms with van der Waals surface area (Å²) in [5, 5.41) is 80.9. The number of hydrogen-bond acceptors (Lipinski definition) is 10. The predicted molar refractivity (Wildman–Crippen MR) is 220 cm³/mol. The summed E-state index contributed by atoms with van der Waals surface area (Å²) in [6.07, 6.45) is 13.9. The molecule has 320 valence electrons. The number of carbonyl (C=O) groups is 2. The van der Waals surface area contributed by atoms with Crippen molar-refractivity contribution in [3.05, 3.63) is 70.8 Å². The largest absolute Gasteiger partial charge is 0.454 e. The van der Waals surface area contributed by atoms with Gasteiger partial charge < -0.3 is 45.5 Å². The second-order valence-electron chi connectivity index (χ2n) is 21.2. The third-order valence-corrected chi connectivity index (χ3v) is 19.9. The number of aldehydes is 1. The van der Waals surface area contributed by atoms with Gasteiger partial charge in [-0.3, -0.25) is 0 Å². The Morgan fingerprint density at radius 1 is 0.983 bits per heavy atom. The van der Waals surface area contributed by atoms with Crippen LogP contribution >= 0.6 is 0 Å². The third-order valence-electron chi connectivity index (χ3n) is 19.9. The molecular formula is C50H61NO9. The fraction of sp³-hybridized carbons (Fsp3) is 0.680. The van der Waals surface area contributed by atoms with Crippen molar-refractivity contribution in [1.82, 2.24) is 5.32 Å². The third kappa shape index (κ3) is 4.46. The number of hydrogen-bond donors (Lipinski definition) is 7. The SMILES string of the molecule is CN[C@H]1Cc2c(cccc2CO)C#CCC[C@]23C[C@H]4C=C[C@H]5C[C@H](O)[C@@H]6C[C@H]7C=CC[C@H](C)[C@@H]7C[C@H]7C[C@](O)([C@H]4[C@]5(C=O)[C@]76O)[C@@]2(O)C[C@H]2C[C@H]1[C@@H]1OC(=O)C=C1[C@@]23CO. The molecule has 0 amide bonds. The van der Waals surface area contributed by atoms with Crippen LogP contribution in [0.3, 0.4) is 0 Å². The standard InChI is InChI=1S/C50H61NO9/c1-27-7-5-10-29-15-38-41(55)18-32-13-12-30-21-45-14-4-3-8-28-9-6-11-31(24-52)36(28)19-40(51-2)37-16-33(46(45,25-53)39-20-42(56)60-43(37)39)23-49(45,58)48(57)22-34(17-35(27)29)50(38,59)47(32,26-54)44(30)48/h5-6,9-13,20,26-27,29-30,32-35,37-38,40-41,43-44,51-53,55,57-59H,4,7,14-19,21-25H2,1-2H3/t27-,29+,30+,32-,33+,34-,35-,37+,38-,40-,41-,43-,44+,45+,46+,47+,48-,49+,50-/m0/s1. The van der Waals surface area contributed by atoms with Crippen molar-refractivity contribution in [3.63, 3.8) is 0 Å². The van der Waals surface area contributed by atoms with E-state index >= 15 is 0 Å². The summed E-state index contributed by atoms with van der Waals surface area (Å²) in [5.41, 5.74) is -6.02. The second-order valence-corrected chi connectivity index (χ2v) is 21.2. The first-order valence-electron chi connectivity index (χ1n) is 22.9. The molecule has 12 rings (SSSR count). The lowest BCUT2D eigenvalue weighted by atomic mass is 9.30. The Bertz CT molecular complexity index is 2170. The minimum Gasteiger partial charge on any atom is -0.454 e. The molecule has 7 N–H and O–H groups in total. The Morgan fingerprint density at radius 2 is 1.80 bits per heavy atom. The van der Waals surface area contributed by atoms with Crippen LogP contribution in [-0.2, 0) is 27.4 Å². The number of rotatable bonds is 4. The summed E-state index contributed by atoms with van der Waals surface area (Å²) in [6, 6.07) is 5.55.